The summed E-state index contributed by atoms with van der Waals surface area (Å²) in [6.45, 7) is 12.3. The smallest absolute Gasteiger partial charge is 0.306 e. The van der Waals surface area contributed by atoms with Crippen LogP contribution in [0.2, 0.25) is 5.02 Å². The van der Waals surface area contributed by atoms with Crippen molar-refractivity contribution >= 4 is 34.6 Å². The fraction of sp³-hybridized carbons (Fsp3) is 0.367. The second-order valence-electron chi connectivity index (χ2n) is 10.8. The summed E-state index contributed by atoms with van der Waals surface area (Å²) < 4.78 is 9.28. The molecule has 40 heavy (non-hydrogen) atoms. The Labute approximate surface area is 243 Å². The largest absolute Gasteiger partial charge is 0.460 e. The van der Waals surface area contributed by atoms with Crippen molar-refractivity contribution in [2.45, 2.75) is 72.6 Å². The van der Waals surface area contributed by atoms with E-state index in [1.165, 1.54) is 0 Å². The minimum atomic E-state index is -0.474. The van der Waals surface area contributed by atoms with Crippen molar-refractivity contribution in [3.8, 4) is 16.8 Å². The molecule has 0 spiro atoms. The highest BCUT2D eigenvalue weighted by molar-refractivity contribution is 7.15. The number of fused-ring (bicyclic) bond motifs is 3. The van der Waals surface area contributed by atoms with E-state index in [1.807, 2.05) is 69.8 Å². The Morgan fingerprint density at radius 3 is 2.62 bits per heavy atom. The van der Waals surface area contributed by atoms with Gasteiger partial charge in [0.05, 0.1) is 22.3 Å². The Bertz CT molecular complexity index is 1660. The van der Waals surface area contributed by atoms with Crippen molar-refractivity contribution in [2.75, 3.05) is 0 Å². The van der Waals surface area contributed by atoms with Crippen molar-refractivity contribution < 1.29 is 9.53 Å². The molecule has 1 atom stereocenters. The molecule has 0 unspecified atom stereocenters. The van der Waals surface area contributed by atoms with Crippen molar-refractivity contribution in [3.05, 3.63) is 80.5 Å². The number of halogens is 1. The maximum atomic E-state index is 12.0. The Morgan fingerprint density at radius 2 is 1.90 bits per heavy atom. The van der Waals surface area contributed by atoms with Crippen molar-refractivity contribution in [3.63, 3.8) is 0 Å². The molecule has 1 aliphatic heterocycles. The van der Waals surface area contributed by atoms with Crippen LogP contribution >= 0.6 is 22.9 Å². The number of hydrogen-bond acceptors (Lipinski definition) is 7. The molecule has 0 fully saturated rings. The molecule has 0 radical (unpaired) electrons. The molecule has 4 aromatic rings. The summed E-state index contributed by atoms with van der Waals surface area (Å²) in [6.07, 6.45) is 4.64. The standard InChI is InChI=1S/C30H31ClN6O2S/c1-18-24(14-9-21-16-32-36(17-21)15-7-8-25(38)39-30(4,5)6)40-29-26(18)27(22-10-12-23(31)13-11-22)33-19(2)28-35-34-20(3)37(28)29/h10-13,16-17,19H,7-8,15H2,1-6H3/t19-/m0/s1. The summed E-state index contributed by atoms with van der Waals surface area (Å²) in [4.78, 5) is 18.0. The van der Waals surface area contributed by atoms with E-state index in [4.69, 9.17) is 21.3 Å². The number of carbonyl (C=O) groups excluding carboxylic acids is 1. The quantitative estimate of drug-likeness (QED) is 0.208. The van der Waals surface area contributed by atoms with Gasteiger partial charge in [0.1, 0.15) is 22.5 Å². The first-order chi connectivity index (χ1) is 19.0. The summed E-state index contributed by atoms with van der Waals surface area (Å²) in [5.74, 6) is 8.05. The summed E-state index contributed by atoms with van der Waals surface area (Å²) in [5.41, 5.74) is 4.30. The van der Waals surface area contributed by atoms with Gasteiger partial charge >= 0.3 is 5.97 Å². The minimum Gasteiger partial charge on any atom is -0.460 e. The average Bonchev–Trinajstić information content (AvgIpc) is 3.56. The van der Waals surface area contributed by atoms with Gasteiger partial charge in [-0.15, -0.1) is 21.5 Å². The molecule has 4 heterocycles. The predicted molar refractivity (Wildman–Crippen MR) is 158 cm³/mol. The van der Waals surface area contributed by atoms with Gasteiger partial charge in [0.25, 0.3) is 0 Å². The van der Waals surface area contributed by atoms with Crippen LogP contribution in [0.3, 0.4) is 0 Å². The van der Waals surface area contributed by atoms with E-state index in [-0.39, 0.29) is 12.0 Å². The molecule has 0 saturated heterocycles. The highest BCUT2D eigenvalue weighted by Gasteiger charge is 2.30. The fourth-order valence-corrected chi connectivity index (χ4v) is 5.90. The molecule has 0 bridgehead atoms. The number of benzene rings is 1. The van der Waals surface area contributed by atoms with Crippen LogP contribution in [-0.2, 0) is 16.1 Å². The third-order valence-electron chi connectivity index (χ3n) is 6.37. The molecule has 0 N–H and O–H groups in total. The van der Waals surface area contributed by atoms with Crippen LogP contribution in [0.5, 0.6) is 0 Å². The average molecular weight is 575 g/mol. The van der Waals surface area contributed by atoms with Crippen LogP contribution in [-0.4, -0.2) is 41.8 Å². The van der Waals surface area contributed by atoms with E-state index in [1.54, 1.807) is 17.5 Å². The number of ether oxygens (including phenoxy) is 1. The molecule has 0 aliphatic carbocycles. The highest BCUT2D eigenvalue weighted by Crippen LogP contribution is 2.38. The zero-order valence-electron chi connectivity index (χ0n) is 23.4. The molecular weight excluding hydrogens is 544 g/mol. The predicted octanol–water partition coefficient (Wildman–Crippen LogP) is 6.23. The number of aliphatic imine (C=N–C) groups is 1. The second kappa shape index (κ2) is 11.0. The van der Waals surface area contributed by atoms with Gasteiger partial charge in [-0.25, -0.2) is 0 Å². The molecule has 1 aliphatic rings. The van der Waals surface area contributed by atoms with Crippen LogP contribution in [0, 0.1) is 25.7 Å². The van der Waals surface area contributed by atoms with Crippen LogP contribution < -0.4 is 0 Å². The van der Waals surface area contributed by atoms with E-state index in [9.17, 15) is 4.79 Å². The summed E-state index contributed by atoms with van der Waals surface area (Å²) in [6, 6.07) is 7.59. The number of thiophene rings is 1. The molecule has 206 valence electrons. The lowest BCUT2D eigenvalue weighted by atomic mass is 9.99. The number of nitrogens with zero attached hydrogens (tertiary/aromatic N) is 6. The molecule has 8 nitrogen and oxygen atoms in total. The SMILES string of the molecule is Cc1c(C#Cc2cnn(CCCC(=O)OC(C)(C)C)c2)sc2c1C(c1ccc(Cl)cc1)=N[C@@H](C)c1nnc(C)n1-2. The van der Waals surface area contributed by atoms with Crippen LogP contribution in [0.1, 0.15) is 85.4 Å². The Hall–Kier alpha value is -3.74. The Balaban J connectivity index is 1.43. The Morgan fingerprint density at radius 1 is 1.15 bits per heavy atom. The lowest BCUT2D eigenvalue weighted by molar-refractivity contribution is -0.154. The molecule has 10 heteroatoms. The van der Waals surface area contributed by atoms with Crippen molar-refractivity contribution in [1.29, 1.82) is 0 Å². The topological polar surface area (TPSA) is 87.2 Å². The maximum Gasteiger partial charge on any atom is 0.306 e. The summed E-state index contributed by atoms with van der Waals surface area (Å²) in [5, 5.41) is 14.9. The lowest BCUT2D eigenvalue weighted by Gasteiger charge is -2.19. The monoisotopic (exact) mass is 574 g/mol. The van der Waals surface area contributed by atoms with Gasteiger partial charge in [-0.3, -0.25) is 19.0 Å². The minimum absolute atomic E-state index is 0.165. The van der Waals surface area contributed by atoms with Gasteiger partial charge in [-0.2, -0.15) is 5.10 Å². The van der Waals surface area contributed by atoms with Gasteiger partial charge in [0.15, 0.2) is 5.82 Å². The molecule has 3 aromatic heterocycles. The third-order valence-corrected chi connectivity index (χ3v) is 7.82. The molecule has 5 rings (SSSR count). The Kier molecular flexibility index (Phi) is 7.67. The normalized spacial score (nSPS) is 14.5. The zero-order chi connectivity index (χ0) is 28.6. The van der Waals surface area contributed by atoms with Gasteiger partial charge in [0.2, 0.25) is 0 Å². The number of carbonyl (C=O) groups is 1. The van der Waals surface area contributed by atoms with Gasteiger partial charge in [-0.1, -0.05) is 35.6 Å². The molecular formula is C30H31ClN6O2S. The van der Waals surface area contributed by atoms with Gasteiger partial charge in [-0.05, 0) is 65.7 Å². The maximum absolute atomic E-state index is 12.0. The van der Waals surface area contributed by atoms with E-state index < -0.39 is 5.60 Å². The summed E-state index contributed by atoms with van der Waals surface area (Å²) >= 11 is 7.80. The van der Waals surface area contributed by atoms with E-state index in [0.717, 1.165) is 49.5 Å². The number of hydrogen-bond donors (Lipinski definition) is 0. The van der Waals surface area contributed by atoms with Gasteiger partial charge in [0, 0.05) is 35.3 Å². The number of aryl methyl sites for hydroxylation is 2. The van der Waals surface area contributed by atoms with Crippen molar-refractivity contribution in [1.82, 2.24) is 24.5 Å². The molecule has 0 saturated carbocycles. The second-order valence-corrected chi connectivity index (χ2v) is 12.2. The molecule has 0 amide bonds. The number of aromatic nitrogens is 5. The lowest BCUT2D eigenvalue weighted by Crippen LogP contribution is -2.23. The molecule has 1 aromatic carbocycles. The van der Waals surface area contributed by atoms with E-state index in [2.05, 4.69) is 38.6 Å². The number of rotatable bonds is 5. The zero-order valence-corrected chi connectivity index (χ0v) is 25.0. The van der Waals surface area contributed by atoms with Gasteiger partial charge < -0.3 is 4.74 Å². The fourth-order valence-electron chi connectivity index (χ4n) is 4.55. The third kappa shape index (κ3) is 5.88. The first-order valence-electron chi connectivity index (χ1n) is 13.2. The van der Waals surface area contributed by atoms with Crippen molar-refractivity contribution in [2.24, 2.45) is 4.99 Å². The first-order valence-corrected chi connectivity index (χ1v) is 14.4. The van der Waals surface area contributed by atoms with Crippen LogP contribution in [0.15, 0.2) is 41.7 Å². The first kappa shape index (κ1) is 27.8. The van der Waals surface area contributed by atoms with Crippen LogP contribution in [0.25, 0.3) is 5.00 Å². The van der Waals surface area contributed by atoms with E-state index >= 15 is 0 Å². The highest BCUT2D eigenvalue weighted by atomic mass is 35.5. The van der Waals surface area contributed by atoms with Crippen LogP contribution in [0.4, 0.5) is 0 Å². The number of esters is 1. The summed E-state index contributed by atoms with van der Waals surface area (Å²) in [7, 11) is 0. The van der Waals surface area contributed by atoms with E-state index in [0.29, 0.717) is 24.4 Å².